The molecule has 1 aliphatic heterocycles. The van der Waals surface area contributed by atoms with Crippen molar-refractivity contribution in [2.75, 3.05) is 13.2 Å². The van der Waals surface area contributed by atoms with Crippen LogP contribution in [0.2, 0.25) is 0 Å². The fraction of sp³-hybridized carbons (Fsp3) is 0.548. The summed E-state index contributed by atoms with van der Waals surface area (Å²) in [5.41, 5.74) is 1.41. The smallest absolute Gasteiger partial charge is 0.0902 e. The van der Waals surface area contributed by atoms with E-state index >= 15 is 0 Å². The number of aromatic nitrogens is 1. The second-order valence-electron chi connectivity index (χ2n) is 9.31. The van der Waals surface area contributed by atoms with E-state index in [9.17, 15) is 0 Å². The van der Waals surface area contributed by atoms with E-state index in [-0.39, 0.29) is 0 Å². The quantitative estimate of drug-likeness (QED) is 0.204. The Bertz CT molecular complexity index is 697. The lowest BCUT2D eigenvalue weighted by atomic mass is 10.2. The van der Waals surface area contributed by atoms with E-state index < -0.39 is 0 Å². The highest BCUT2D eigenvalue weighted by Gasteiger charge is 1.94. The van der Waals surface area contributed by atoms with Gasteiger partial charge in [-0.1, -0.05) is 171 Å². The van der Waals surface area contributed by atoms with Crippen molar-refractivity contribution in [1.29, 1.82) is 0 Å². The van der Waals surface area contributed by atoms with Crippen LogP contribution in [0.15, 0.2) is 113 Å². The van der Waals surface area contributed by atoms with Gasteiger partial charge in [0.05, 0.1) is 12.5 Å². The lowest BCUT2D eigenvalue weighted by Gasteiger charge is -1.89. The Balaban J connectivity index is -0.0000000982. The second-order valence-corrected chi connectivity index (χ2v) is 10.1. The summed E-state index contributed by atoms with van der Waals surface area (Å²) in [6.07, 6.45) is 16.7. The molecule has 0 aliphatic carbocycles. The first-order valence-corrected chi connectivity index (χ1v) is 18.9. The largest absolute Gasteiger partial charge is 0.473 e. The van der Waals surface area contributed by atoms with Crippen LogP contribution in [0.3, 0.4) is 0 Å². The third-order valence-corrected chi connectivity index (χ3v) is 4.12. The van der Waals surface area contributed by atoms with Gasteiger partial charge in [-0.15, -0.1) is 0 Å². The van der Waals surface area contributed by atoms with E-state index in [1.807, 2.05) is 73.1 Å². The number of hydrogen-bond acceptors (Lipinski definition) is 4. The lowest BCUT2D eigenvalue weighted by molar-refractivity contribution is 0.198. The van der Waals surface area contributed by atoms with Crippen LogP contribution in [0.1, 0.15) is 141 Å². The molecule has 1 fully saturated rings. The minimum Gasteiger partial charge on any atom is -0.473 e. The van der Waals surface area contributed by atoms with Crippen molar-refractivity contribution >= 4 is 11.3 Å². The monoisotopic (exact) mass is 660 g/mol. The van der Waals surface area contributed by atoms with Crippen LogP contribution in [0.25, 0.3) is 0 Å². The molecule has 1 aliphatic rings. The van der Waals surface area contributed by atoms with E-state index in [2.05, 4.69) is 110 Å². The fourth-order valence-electron chi connectivity index (χ4n) is 1.99. The van der Waals surface area contributed by atoms with Gasteiger partial charge in [-0.2, -0.15) is 11.3 Å². The van der Waals surface area contributed by atoms with Crippen LogP contribution in [0.4, 0.5) is 0 Å². The van der Waals surface area contributed by atoms with Gasteiger partial charge in [-0.05, 0) is 59.9 Å². The number of pyridine rings is 1. The Morgan fingerprint density at radius 1 is 0.522 bits per heavy atom. The molecule has 4 heteroatoms. The molecule has 0 bridgehead atoms. The molecular formula is C42H77NO2S. The number of nitrogens with zero attached hydrogens (tertiary/aromatic N) is 1. The Hall–Kier alpha value is -2.69. The maximum atomic E-state index is 4.94. The van der Waals surface area contributed by atoms with E-state index in [1.165, 1.54) is 50.5 Å². The first kappa shape index (κ1) is 55.7. The Morgan fingerprint density at radius 2 is 0.891 bits per heavy atom. The van der Waals surface area contributed by atoms with Gasteiger partial charge in [0.25, 0.3) is 0 Å². The summed E-state index contributed by atoms with van der Waals surface area (Å²) in [6, 6.07) is 23.9. The van der Waals surface area contributed by atoms with Crippen LogP contribution in [-0.4, -0.2) is 18.2 Å². The molecule has 5 rings (SSSR count). The van der Waals surface area contributed by atoms with Crippen LogP contribution in [0.5, 0.6) is 0 Å². The molecule has 268 valence electrons. The zero-order chi connectivity index (χ0) is 36.2. The molecule has 0 N–H and O–H groups in total. The van der Waals surface area contributed by atoms with Crippen molar-refractivity contribution in [1.82, 2.24) is 4.98 Å². The van der Waals surface area contributed by atoms with Gasteiger partial charge in [-0.25, -0.2) is 0 Å². The number of hydrogen-bond donors (Lipinski definition) is 0. The second kappa shape index (κ2) is 69.2. The van der Waals surface area contributed by atoms with Crippen LogP contribution < -0.4 is 0 Å². The minimum atomic E-state index is 1.00. The first-order valence-electron chi connectivity index (χ1n) is 17.9. The Kier molecular flexibility index (Phi) is 83.7. The van der Waals surface area contributed by atoms with Gasteiger partial charge in [0.15, 0.2) is 0 Å². The summed E-state index contributed by atoms with van der Waals surface area (Å²) in [4.78, 5) is 3.78. The molecule has 0 spiro atoms. The zero-order valence-electron chi connectivity index (χ0n) is 32.6. The average Bonchev–Trinajstić information content (AvgIpc) is 3.93. The van der Waals surface area contributed by atoms with E-state index in [1.54, 1.807) is 36.3 Å². The van der Waals surface area contributed by atoms with Gasteiger partial charge in [0, 0.05) is 25.6 Å². The number of rotatable bonds is 1. The van der Waals surface area contributed by atoms with Gasteiger partial charge in [-0.3, -0.25) is 4.98 Å². The average molecular weight is 660 g/mol. The molecule has 0 saturated carbocycles. The number of ether oxygens (including phenoxy) is 1. The molecule has 4 heterocycles. The summed E-state index contributed by atoms with van der Waals surface area (Å²) >= 11 is 1.71. The SMILES string of the molecule is C1CCOC1.CC.CCC.CCC.CCC.CCC.CCC.CCc1ccccc1.c1ccncc1.c1ccoc1.c1ccsc1. The molecule has 0 radical (unpaired) electrons. The lowest BCUT2D eigenvalue weighted by Crippen LogP contribution is -1.74. The van der Waals surface area contributed by atoms with Gasteiger partial charge in [0.1, 0.15) is 0 Å². The maximum absolute atomic E-state index is 4.94. The molecule has 0 atom stereocenters. The number of benzene rings is 1. The molecule has 4 aromatic rings. The van der Waals surface area contributed by atoms with Crippen molar-refractivity contribution in [3.63, 3.8) is 0 Å². The topological polar surface area (TPSA) is 35.3 Å². The van der Waals surface area contributed by atoms with E-state index in [0.717, 1.165) is 19.6 Å². The molecule has 1 aromatic carbocycles. The number of furan rings is 1. The summed E-state index contributed by atoms with van der Waals surface area (Å²) in [7, 11) is 0. The molecule has 1 saturated heterocycles. The fourth-order valence-corrected chi connectivity index (χ4v) is 2.44. The van der Waals surface area contributed by atoms with E-state index in [4.69, 9.17) is 4.74 Å². The Morgan fingerprint density at radius 3 is 1.04 bits per heavy atom. The van der Waals surface area contributed by atoms with Crippen molar-refractivity contribution in [3.05, 3.63) is 114 Å². The molecule has 3 aromatic heterocycles. The van der Waals surface area contributed by atoms with Crippen molar-refractivity contribution < 1.29 is 9.15 Å². The van der Waals surface area contributed by atoms with Crippen LogP contribution in [0, 0.1) is 0 Å². The van der Waals surface area contributed by atoms with Crippen molar-refractivity contribution in [2.24, 2.45) is 0 Å². The summed E-state index contributed by atoms with van der Waals surface area (Å²) in [5, 5.41) is 4.08. The third-order valence-electron chi connectivity index (χ3n) is 3.50. The number of aryl methyl sites for hydroxylation is 1. The molecular weight excluding hydrogens is 583 g/mol. The standard InChI is InChI=1S/C8H10.C5H5N.C4H8O.C4H4O.C4H4S.5C3H8.C2H6/c1-2-8-6-4-3-5-7-8;1-2-4-6-5-3-1;3*1-2-4-5-3-1;5*1-3-2;1-2/h3-7H,2H2,1H3;1-5H;1-4H2;2*1-4H;5*3H2,1-2H3;1-2H3. The Labute approximate surface area is 293 Å². The first-order chi connectivity index (χ1) is 22.5. The minimum absolute atomic E-state index is 1.00. The molecule has 46 heavy (non-hydrogen) atoms. The highest BCUT2D eigenvalue weighted by molar-refractivity contribution is 7.07. The summed E-state index contributed by atoms with van der Waals surface area (Å²) in [5.74, 6) is 0. The predicted octanol–water partition coefficient (Wildman–Crippen LogP) is 15.3. The highest BCUT2D eigenvalue weighted by atomic mass is 32.1. The predicted molar refractivity (Wildman–Crippen MR) is 214 cm³/mol. The van der Waals surface area contributed by atoms with Gasteiger partial charge in [0.2, 0.25) is 0 Å². The van der Waals surface area contributed by atoms with Crippen molar-refractivity contribution in [3.8, 4) is 0 Å². The summed E-state index contributed by atoms with van der Waals surface area (Å²) in [6.45, 7) is 29.4. The van der Waals surface area contributed by atoms with Crippen molar-refractivity contribution in [2.45, 2.75) is 141 Å². The highest BCUT2D eigenvalue weighted by Crippen LogP contribution is 1.98. The van der Waals surface area contributed by atoms with E-state index in [0.29, 0.717) is 0 Å². The normalized spacial score (nSPS) is 9.07. The molecule has 3 nitrogen and oxygen atoms in total. The van der Waals surface area contributed by atoms with Gasteiger partial charge < -0.3 is 9.15 Å². The zero-order valence-corrected chi connectivity index (χ0v) is 33.5. The number of thiophene rings is 1. The molecule has 0 amide bonds. The van der Waals surface area contributed by atoms with Gasteiger partial charge >= 0.3 is 0 Å². The summed E-state index contributed by atoms with van der Waals surface area (Å²) < 4.78 is 9.53. The molecule has 0 unspecified atom stereocenters. The van der Waals surface area contributed by atoms with Crippen LogP contribution >= 0.6 is 11.3 Å². The van der Waals surface area contributed by atoms with Crippen LogP contribution in [-0.2, 0) is 11.2 Å². The third kappa shape index (κ3) is 83.8. The maximum Gasteiger partial charge on any atom is 0.0902 e.